The fourth-order valence-electron chi connectivity index (χ4n) is 4.25. The molecule has 0 aromatic heterocycles. The van der Waals surface area contributed by atoms with Crippen LogP contribution in [0.5, 0.6) is 0 Å². The van der Waals surface area contributed by atoms with Gasteiger partial charge in [0.1, 0.15) is 0 Å². The number of amides is 1. The predicted molar refractivity (Wildman–Crippen MR) is 121 cm³/mol. The maximum atomic E-state index is 13.4. The molecule has 1 heterocycles. The number of halogens is 3. The van der Waals surface area contributed by atoms with Crippen LogP contribution in [0.2, 0.25) is 0 Å². The van der Waals surface area contributed by atoms with Crippen LogP contribution >= 0.6 is 0 Å². The Labute approximate surface area is 185 Å². The van der Waals surface area contributed by atoms with E-state index in [-0.39, 0.29) is 17.6 Å². The molecule has 1 N–H and O–H groups in total. The Balaban J connectivity index is 1.71. The van der Waals surface area contributed by atoms with Gasteiger partial charge in [-0.15, -0.1) is 0 Å². The molecule has 6 heteroatoms. The maximum absolute atomic E-state index is 13.4. The van der Waals surface area contributed by atoms with E-state index in [2.05, 4.69) is 5.32 Å². The van der Waals surface area contributed by atoms with E-state index in [9.17, 15) is 18.0 Å². The topological polar surface area (TPSA) is 32.3 Å². The standard InChI is InChI=1S/C26H25F3N2O/c1-16-7-10-21(11-8-16)30-23-14-18(3)31(24-12-9-17(2)13-22(23)24)25(32)19-5-4-6-20(15-19)26(27,28)29/h4-13,15,18,23,30H,14H2,1-3H3/t18-,23+/m1/s1. The third kappa shape index (κ3) is 4.35. The van der Waals surface area contributed by atoms with Crippen LogP contribution in [0.3, 0.4) is 0 Å². The minimum atomic E-state index is -4.50. The largest absolute Gasteiger partial charge is 0.416 e. The van der Waals surface area contributed by atoms with E-state index in [1.54, 1.807) is 4.90 Å². The lowest BCUT2D eigenvalue weighted by molar-refractivity contribution is -0.137. The Morgan fingerprint density at radius 1 is 0.969 bits per heavy atom. The Morgan fingerprint density at radius 3 is 2.34 bits per heavy atom. The number of anilines is 2. The maximum Gasteiger partial charge on any atom is 0.416 e. The van der Waals surface area contributed by atoms with Crippen LogP contribution in [0, 0.1) is 13.8 Å². The van der Waals surface area contributed by atoms with Crippen molar-refractivity contribution in [2.45, 2.75) is 45.5 Å². The number of fused-ring (bicyclic) bond motifs is 1. The minimum absolute atomic E-state index is 0.0202. The molecule has 2 atom stereocenters. The monoisotopic (exact) mass is 438 g/mol. The van der Waals surface area contributed by atoms with Crippen molar-refractivity contribution in [3.05, 3.63) is 94.5 Å². The van der Waals surface area contributed by atoms with Gasteiger partial charge in [-0.3, -0.25) is 4.79 Å². The number of benzene rings is 3. The highest BCUT2D eigenvalue weighted by Crippen LogP contribution is 2.40. The number of carbonyl (C=O) groups excluding carboxylic acids is 1. The lowest BCUT2D eigenvalue weighted by atomic mass is 9.89. The van der Waals surface area contributed by atoms with Crippen molar-refractivity contribution in [1.82, 2.24) is 0 Å². The van der Waals surface area contributed by atoms with Gasteiger partial charge in [0.25, 0.3) is 5.91 Å². The third-order valence-electron chi connectivity index (χ3n) is 5.88. The summed E-state index contributed by atoms with van der Waals surface area (Å²) in [6, 6.07) is 18.4. The lowest BCUT2D eigenvalue weighted by Crippen LogP contribution is -2.44. The van der Waals surface area contributed by atoms with E-state index in [0.29, 0.717) is 6.42 Å². The van der Waals surface area contributed by atoms with Crippen molar-refractivity contribution in [3.8, 4) is 0 Å². The van der Waals surface area contributed by atoms with Crippen molar-refractivity contribution in [2.24, 2.45) is 0 Å². The number of nitrogens with zero attached hydrogens (tertiary/aromatic N) is 1. The molecule has 4 rings (SSSR count). The molecule has 166 valence electrons. The molecule has 0 unspecified atom stereocenters. The quantitative estimate of drug-likeness (QED) is 0.482. The zero-order valence-corrected chi connectivity index (χ0v) is 18.2. The Bertz CT molecular complexity index is 1140. The molecular formula is C26H25F3N2O. The second-order valence-electron chi connectivity index (χ2n) is 8.46. The van der Waals surface area contributed by atoms with E-state index < -0.39 is 17.6 Å². The van der Waals surface area contributed by atoms with Gasteiger partial charge in [-0.2, -0.15) is 13.2 Å². The van der Waals surface area contributed by atoms with Crippen molar-refractivity contribution in [3.63, 3.8) is 0 Å². The summed E-state index contributed by atoms with van der Waals surface area (Å²) < 4.78 is 39.6. The highest BCUT2D eigenvalue weighted by Gasteiger charge is 2.36. The normalized spacial score (nSPS) is 18.2. The van der Waals surface area contributed by atoms with Gasteiger partial charge >= 0.3 is 6.18 Å². The highest BCUT2D eigenvalue weighted by molar-refractivity contribution is 6.07. The van der Waals surface area contributed by atoms with Gasteiger partial charge in [-0.1, -0.05) is 41.5 Å². The molecule has 1 aliphatic heterocycles. The van der Waals surface area contributed by atoms with Crippen LogP contribution in [0.25, 0.3) is 0 Å². The molecule has 32 heavy (non-hydrogen) atoms. The van der Waals surface area contributed by atoms with E-state index >= 15 is 0 Å². The first-order chi connectivity index (χ1) is 15.1. The number of aryl methyl sites for hydroxylation is 2. The summed E-state index contributed by atoms with van der Waals surface area (Å²) in [6.45, 7) is 5.95. The second-order valence-corrected chi connectivity index (χ2v) is 8.46. The molecule has 3 nitrogen and oxygen atoms in total. The minimum Gasteiger partial charge on any atom is -0.378 e. The molecule has 0 saturated carbocycles. The highest BCUT2D eigenvalue weighted by atomic mass is 19.4. The first kappa shape index (κ1) is 21.9. The summed E-state index contributed by atoms with van der Waals surface area (Å²) in [7, 11) is 0. The van der Waals surface area contributed by atoms with Crippen molar-refractivity contribution in [2.75, 3.05) is 10.2 Å². The average Bonchev–Trinajstić information content (AvgIpc) is 2.75. The van der Waals surface area contributed by atoms with Crippen molar-refractivity contribution in [1.29, 1.82) is 0 Å². The SMILES string of the molecule is Cc1ccc(N[C@H]2C[C@@H](C)N(C(=O)c3cccc(C(F)(F)F)c3)c3ccc(C)cc32)cc1. The molecule has 0 bridgehead atoms. The number of hydrogen-bond donors (Lipinski definition) is 1. The molecule has 1 amide bonds. The summed E-state index contributed by atoms with van der Waals surface area (Å²) in [5.74, 6) is -0.428. The number of carbonyl (C=O) groups is 1. The summed E-state index contributed by atoms with van der Waals surface area (Å²) >= 11 is 0. The fourth-order valence-corrected chi connectivity index (χ4v) is 4.25. The number of rotatable bonds is 3. The molecule has 1 aliphatic rings. The van der Waals surface area contributed by atoms with Crippen LogP contribution < -0.4 is 10.2 Å². The second kappa shape index (κ2) is 8.34. The summed E-state index contributed by atoms with van der Waals surface area (Å²) in [6.07, 6.45) is -3.86. The Kier molecular flexibility index (Phi) is 5.71. The molecule has 0 saturated heterocycles. The smallest absolute Gasteiger partial charge is 0.378 e. The lowest BCUT2D eigenvalue weighted by Gasteiger charge is -2.40. The van der Waals surface area contributed by atoms with Gasteiger partial charge in [0.15, 0.2) is 0 Å². The van der Waals surface area contributed by atoms with Gasteiger partial charge in [0.05, 0.1) is 11.6 Å². The van der Waals surface area contributed by atoms with Crippen LogP contribution in [-0.4, -0.2) is 11.9 Å². The molecule has 3 aromatic carbocycles. The average molecular weight is 438 g/mol. The van der Waals surface area contributed by atoms with E-state index in [4.69, 9.17) is 0 Å². The van der Waals surface area contributed by atoms with Crippen LogP contribution in [0.15, 0.2) is 66.7 Å². The number of nitrogens with one attached hydrogen (secondary N) is 1. The molecule has 3 aromatic rings. The van der Waals surface area contributed by atoms with E-state index in [1.165, 1.54) is 17.7 Å². The molecule has 0 radical (unpaired) electrons. The first-order valence-corrected chi connectivity index (χ1v) is 10.6. The van der Waals surface area contributed by atoms with Gasteiger partial charge in [-0.05, 0) is 69.2 Å². The zero-order chi connectivity index (χ0) is 23.0. The van der Waals surface area contributed by atoms with Gasteiger partial charge in [0, 0.05) is 23.0 Å². The third-order valence-corrected chi connectivity index (χ3v) is 5.88. The molecule has 0 spiro atoms. The van der Waals surface area contributed by atoms with Crippen molar-refractivity contribution >= 4 is 17.3 Å². The number of hydrogen-bond acceptors (Lipinski definition) is 2. The van der Waals surface area contributed by atoms with E-state index in [0.717, 1.165) is 34.6 Å². The van der Waals surface area contributed by atoms with Gasteiger partial charge < -0.3 is 10.2 Å². The predicted octanol–water partition coefficient (Wildman–Crippen LogP) is 6.91. The summed E-state index contributed by atoms with van der Waals surface area (Å²) in [5, 5.41) is 3.56. The summed E-state index contributed by atoms with van der Waals surface area (Å²) in [4.78, 5) is 15.0. The van der Waals surface area contributed by atoms with E-state index in [1.807, 2.05) is 63.2 Å². The zero-order valence-electron chi connectivity index (χ0n) is 18.2. The molecular weight excluding hydrogens is 413 g/mol. The molecule has 0 aliphatic carbocycles. The van der Waals surface area contributed by atoms with Crippen LogP contribution in [-0.2, 0) is 6.18 Å². The number of alkyl halides is 3. The van der Waals surface area contributed by atoms with Gasteiger partial charge in [0.2, 0.25) is 0 Å². The Hall–Kier alpha value is -3.28. The van der Waals surface area contributed by atoms with Crippen LogP contribution in [0.1, 0.15) is 52.0 Å². The van der Waals surface area contributed by atoms with Gasteiger partial charge in [-0.25, -0.2) is 0 Å². The Morgan fingerprint density at radius 2 is 1.66 bits per heavy atom. The first-order valence-electron chi connectivity index (χ1n) is 10.6. The van der Waals surface area contributed by atoms with Crippen molar-refractivity contribution < 1.29 is 18.0 Å². The fraction of sp³-hybridized carbons (Fsp3) is 0.269. The summed E-state index contributed by atoms with van der Waals surface area (Å²) in [5.41, 5.74) is 4.10. The molecule has 0 fully saturated rings. The van der Waals surface area contributed by atoms with Crippen LogP contribution in [0.4, 0.5) is 24.5 Å².